The highest BCUT2D eigenvalue weighted by atomic mass is 32.2. The zero-order chi connectivity index (χ0) is 10.6. The van der Waals surface area contributed by atoms with Gasteiger partial charge >= 0.3 is 5.97 Å². The van der Waals surface area contributed by atoms with Gasteiger partial charge in [0.15, 0.2) is 0 Å². The summed E-state index contributed by atoms with van der Waals surface area (Å²) in [6, 6.07) is 5.06. The van der Waals surface area contributed by atoms with Gasteiger partial charge in [0.05, 0.1) is 5.03 Å². The van der Waals surface area contributed by atoms with Gasteiger partial charge < -0.3 is 5.11 Å². The lowest BCUT2D eigenvalue weighted by Gasteiger charge is -2.06. The Labute approximate surface area is 87.6 Å². The summed E-state index contributed by atoms with van der Waals surface area (Å²) in [5.74, 6) is -0.975. The molecule has 0 aliphatic heterocycles. The molecule has 0 spiro atoms. The van der Waals surface area contributed by atoms with Crippen molar-refractivity contribution in [3.05, 3.63) is 23.9 Å². The van der Waals surface area contributed by atoms with Crippen molar-refractivity contribution >= 4 is 17.7 Å². The molecule has 0 radical (unpaired) electrons. The van der Waals surface area contributed by atoms with E-state index < -0.39 is 5.97 Å². The normalized spacial score (nSPS) is 12.4. The van der Waals surface area contributed by atoms with Crippen LogP contribution in [0.5, 0.6) is 0 Å². The van der Waals surface area contributed by atoms with Crippen LogP contribution in [0.3, 0.4) is 0 Å². The van der Waals surface area contributed by atoms with E-state index in [-0.39, 0.29) is 5.69 Å². The largest absolute Gasteiger partial charge is 0.477 e. The molecule has 0 aliphatic rings. The van der Waals surface area contributed by atoms with E-state index >= 15 is 0 Å². The van der Waals surface area contributed by atoms with Crippen molar-refractivity contribution < 1.29 is 9.90 Å². The molecule has 1 rings (SSSR count). The van der Waals surface area contributed by atoms with Crippen molar-refractivity contribution in [1.82, 2.24) is 4.98 Å². The maximum absolute atomic E-state index is 10.6. The molecule has 0 fully saturated rings. The van der Waals surface area contributed by atoms with Gasteiger partial charge in [-0.2, -0.15) is 0 Å². The fraction of sp³-hybridized carbons (Fsp3) is 0.400. The Kier molecular flexibility index (Phi) is 3.95. The van der Waals surface area contributed by atoms with Crippen molar-refractivity contribution in [3.8, 4) is 0 Å². The predicted molar refractivity (Wildman–Crippen MR) is 56.8 cm³/mol. The second kappa shape index (κ2) is 5.00. The summed E-state index contributed by atoms with van der Waals surface area (Å²) >= 11 is 1.60. The number of thioether (sulfide) groups is 1. The molecule has 0 bridgehead atoms. The Morgan fingerprint density at radius 3 is 2.93 bits per heavy atom. The molecule has 0 aliphatic carbocycles. The van der Waals surface area contributed by atoms with Gasteiger partial charge in [0.25, 0.3) is 0 Å². The quantitative estimate of drug-likeness (QED) is 0.778. The highest BCUT2D eigenvalue weighted by molar-refractivity contribution is 7.99. The Morgan fingerprint density at radius 2 is 2.36 bits per heavy atom. The molecule has 1 N–H and O–H groups in total. The third kappa shape index (κ3) is 3.03. The van der Waals surface area contributed by atoms with Crippen LogP contribution in [-0.4, -0.2) is 21.3 Å². The molecule has 1 aromatic heterocycles. The van der Waals surface area contributed by atoms with Crippen LogP contribution in [-0.2, 0) is 0 Å². The average Bonchev–Trinajstić information content (AvgIpc) is 2.18. The number of aromatic nitrogens is 1. The number of hydrogen-bond acceptors (Lipinski definition) is 3. The predicted octanol–water partition coefficient (Wildman–Crippen LogP) is 2.67. The summed E-state index contributed by atoms with van der Waals surface area (Å²) < 4.78 is 0. The third-order valence-electron chi connectivity index (χ3n) is 1.84. The van der Waals surface area contributed by atoms with Gasteiger partial charge in [-0.05, 0) is 18.6 Å². The highest BCUT2D eigenvalue weighted by Gasteiger charge is 2.07. The number of nitrogens with zero attached hydrogens (tertiary/aromatic N) is 1. The number of pyridine rings is 1. The lowest BCUT2D eigenvalue weighted by atomic mass is 10.4. The van der Waals surface area contributed by atoms with Crippen LogP contribution in [0.15, 0.2) is 23.2 Å². The molecule has 1 unspecified atom stereocenters. The summed E-state index contributed by atoms with van der Waals surface area (Å²) in [5.41, 5.74) is 0.110. The standard InChI is InChI=1S/C10H13NO2S/c1-3-7(2)14-9-6-4-5-8(11-9)10(12)13/h4-7H,3H2,1-2H3,(H,12,13). The molecular formula is C10H13NO2S. The molecular weight excluding hydrogens is 198 g/mol. The van der Waals surface area contributed by atoms with E-state index in [1.807, 2.05) is 6.07 Å². The number of aromatic carboxylic acids is 1. The number of hydrogen-bond donors (Lipinski definition) is 1. The molecule has 0 saturated heterocycles. The van der Waals surface area contributed by atoms with E-state index in [0.717, 1.165) is 11.4 Å². The van der Waals surface area contributed by atoms with Crippen LogP contribution in [0.4, 0.5) is 0 Å². The first kappa shape index (κ1) is 11.0. The Bertz CT molecular complexity index is 328. The molecule has 76 valence electrons. The molecule has 0 amide bonds. The molecule has 14 heavy (non-hydrogen) atoms. The molecule has 1 heterocycles. The topological polar surface area (TPSA) is 50.2 Å². The lowest BCUT2D eigenvalue weighted by molar-refractivity contribution is 0.0689. The zero-order valence-electron chi connectivity index (χ0n) is 8.23. The second-order valence-electron chi connectivity index (χ2n) is 3.00. The summed E-state index contributed by atoms with van der Waals surface area (Å²) in [7, 11) is 0. The summed E-state index contributed by atoms with van der Waals surface area (Å²) in [6.45, 7) is 4.19. The minimum Gasteiger partial charge on any atom is -0.477 e. The van der Waals surface area contributed by atoms with E-state index in [2.05, 4.69) is 18.8 Å². The summed E-state index contributed by atoms with van der Waals surface area (Å²) in [6.07, 6.45) is 1.05. The number of carbonyl (C=O) groups is 1. The van der Waals surface area contributed by atoms with E-state index in [9.17, 15) is 4.79 Å². The SMILES string of the molecule is CCC(C)Sc1cccc(C(=O)O)n1. The van der Waals surface area contributed by atoms with Gasteiger partial charge in [-0.25, -0.2) is 9.78 Å². The van der Waals surface area contributed by atoms with Gasteiger partial charge in [-0.15, -0.1) is 11.8 Å². The molecule has 0 aromatic carbocycles. The van der Waals surface area contributed by atoms with E-state index in [1.54, 1.807) is 17.8 Å². The van der Waals surface area contributed by atoms with Crippen LogP contribution in [0.1, 0.15) is 30.8 Å². The minimum atomic E-state index is -0.975. The maximum Gasteiger partial charge on any atom is 0.354 e. The van der Waals surface area contributed by atoms with Crippen LogP contribution >= 0.6 is 11.8 Å². The maximum atomic E-state index is 10.6. The lowest BCUT2D eigenvalue weighted by Crippen LogP contribution is -2.01. The molecule has 1 aromatic rings. The van der Waals surface area contributed by atoms with Gasteiger partial charge in [-0.1, -0.05) is 19.9 Å². The Hall–Kier alpha value is -1.03. The Balaban J connectivity index is 2.78. The number of rotatable bonds is 4. The highest BCUT2D eigenvalue weighted by Crippen LogP contribution is 2.22. The minimum absolute atomic E-state index is 0.110. The smallest absolute Gasteiger partial charge is 0.354 e. The second-order valence-corrected chi connectivity index (χ2v) is 4.46. The molecule has 0 saturated carbocycles. The van der Waals surface area contributed by atoms with Gasteiger partial charge in [0, 0.05) is 5.25 Å². The molecule has 1 atom stereocenters. The number of carboxylic acid groups (broad SMARTS) is 1. The van der Waals surface area contributed by atoms with Gasteiger partial charge in [0.2, 0.25) is 0 Å². The Morgan fingerprint density at radius 1 is 1.64 bits per heavy atom. The fourth-order valence-electron chi connectivity index (χ4n) is 0.889. The summed E-state index contributed by atoms with van der Waals surface area (Å²) in [5, 5.41) is 9.97. The van der Waals surface area contributed by atoms with Crippen LogP contribution in [0, 0.1) is 0 Å². The van der Waals surface area contributed by atoms with Crippen molar-refractivity contribution in [2.45, 2.75) is 30.5 Å². The van der Waals surface area contributed by atoms with Crippen molar-refractivity contribution in [3.63, 3.8) is 0 Å². The molecule has 3 nitrogen and oxygen atoms in total. The molecule has 4 heteroatoms. The van der Waals surface area contributed by atoms with Crippen LogP contribution in [0.25, 0.3) is 0 Å². The van der Waals surface area contributed by atoms with Crippen molar-refractivity contribution in [2.75, 3.05) is 0 Å². The van der Waals surface area contributed by atoms with Crippen LogP contribution < -0.4 is 0 Å². The third-order valence-corrected chi connectivity index (χ3v) is 3.04. The first-order valence-electron chi connectivity index (χ1n) is 4.50. The van der Waals surface area contributed by atoms with Gasteiger partial charge in [-0.3, -0.25) is 0 Å². The zero-order valence-corrected chi connectivity index (χ0v) is 9.04. The van der Waals surface area contributed by atoms with E-state index in [0.29, 0.717) is 5.25 Å². The summed E-state index contributed by atoms with van der Waals surface area (Å²) in [4.78, 5) is 14.7. The first-order valence-corrected chi connectivity index (χ1v) is 5.38. The van der Waals surface area contributed by atoms with Crippen molar-refractivity contribution in [1.29, 1.82) is 0 Å². The van der Waals surface area contributed by atoms with Crippen LogP contribution in [0.2, 0.25) is 0 Å². The van der Waals surface area contributed by atoms with Gasteiger partial charge in [0.1, 0.15) is 5.69 Å². The average molecular weight is 211 g/mol. The fourth-order valence-corrected chi connectivity index (χ4v) is 1.78. The number of carboxylic acids is 1. The van der Waals surface area contributed by atoms with Crippen molar-refractivity contribution in [2.24, 2.45) is 0 Å². The monoisotopic (exact) mass is 211 g/mol. The first-order chi connectivity index (χ1) is 6.63. The van der Waals surface area contributed by atoms with E-state index in [1.165, 1.54) is 6.07 Å². The van der Waals surface area contributed by atoms with E-state index in [4.69, 9.17) is 5.11 Å².